The quantitative estimate of drug-likeness (QED) is 0.818. The Hall–Kier alpha value is -1.06. The van der Waals surface area contributed by atoms with Gasteiger partial charge in [-0.05, 0) is 30.9 Å². The van der Waals surface area contributed by atoms with Gasteiger partial charge in [0.05, 0.1) is 18.8 Å². The Morgan fingerprint density at radius 3 is 3.00 bits per heavy atom. The lowest BCUT2D eigenvalue weighted by molar-refractivity contribution is -0.0150. The molecule has 3 rings (SSSR count). The lowest BCUT2D eigenvalue weighted by Crippen LogP contribution is -2.41. The third-order valence-corrected chi connectivity index (χ3v) is 3.89. The van der Waals surface area contributed by atoms with Gasteiger partial charge in [0, 0.05) is 18.2 Å². The van der Waals surface area contributed by atoms with E-state index < -0.39 is 0 Å². The highest BCUT2D eigenvalue weighted by atomic mass is 16.5. The molecule has 2 N–H and O–H groups in total. The van der Waals surface area contributed by atoms with Crippen LogP contribution in [0.5, 0.6) is 0 Å². The zero-order valence-corrected chi connectivity index (χ0v) is 9.93. The van der Waals surface area contributed by atoms with Gasteiger partial charge in [-0.2, -0.15) is 0 Å². The van der Waals surface area contributed by atoms with Crippen LogP contribution in [0.25, 0.3) is 0 Å². The second-order valence-corrected chi connectivity index (χ2v) is 5.08. The normalized spacial score (nSPS) is 29.5. The first kappa shape index (κ1) is 11.1. The van der Waals surface area contributed by atoms with Crippen LogP contribution < -0.4 is 5.32 Å². The smallest absolute Gasteiger partial charge is 0.0794 e. The van der Waals surface area contributed by atoms with Crippen molar-refractivity contribution in [1.29, 1.82) is 0 Å². The van der Waals surface area contributed by atoms with Crippen LogP contribution in [0.2, 0.25) is 0 Å². The van der Waals surface area contributed by atoms with E-state index in [9.17, 15) is 5.11 Å². The van der Waals surface area contributed by atoms with Gasteiger partial charge in [0.15, 0.2) is 0 Å². The fourth-order valence-electron chi connectivity index (χ4n) is 2.90. The fourth-order valence-corrected chi connectivity index (χ4v) is 2.90. The van der Waals surface area contributed by atoms with E-state index in [4.69, 9.17) is 4.74 Å². The Bertz CT molecular complexity index is 363. The zero-order chi connectivity index (χ0) is 11.7. The SMILES string of the molecule is OC(C1CCCOC1)C1Cc2ccccc2N1. The van der Waals surface area contributed by atoms with E-state index in [0.29, 0.717) is 6.61 Å². The molecule has 2 aliphatic rings. The summed E-state index contributed by atoms with van der Waals surface area (Å²) < 4.78 is 5.45. The van der Waals surface area contributed by atoms with Gasteiger partial charge < -0.3 is 15.2 Å². The summed E-state index contributed by atoms with van der Waals surface area (Å²) in [6.45, 7) is 1.55. The molecule has 2 aliphatic heterocycles. The number of nitrogens with one attached hydrogen (secondary N) is 1. The van der Waals surface area contributed by atoms with Gasteiger partial charge in [-0.25, -0.2) is 0 Å². The maximum absolute atomic E-state index is 10.4. The first-order valence-corrected chi connectivity index (χ1v) is 6.45. The Kier molecular flexibility index (Phi) is 3.04. The van der Waals surface area contributed by atoms with Crippen molar-refractivity contribution in [1.82, 2.24) is 0 Å². The molecule has 3 heteroatoms. The van der Waals surface area contributed by atoms with Crippen molar-refractivity contribution in [2.45, 2.75) is 31.4 Å². The average molecular weight is 233 g/mol. The van der Waals surface area contributed by atoms with Crippen LogP contribution >= 0.6 is 0 Å². The summed E-state index contributed by atoms with van der Waals surface area (Å²) in [5.41, 5.74) is 2.49. The number of benzene rings is 1. The molecule has 3 nitrogen and oxygen atoms in total. The second kappa shape index (κ2) is 4.67. The lowest BCUT2D eigenvalue weighted by atomic mass is 9.90. The van der Waals surface area contributed by atoms with Crippen LogP contribution in [0.1, 0.15) is 18.4 Å². The van der Waals surface area contributed by atoms with Gasteiger partial charge in [-0.1, -0.05) is 18.2 Å². The predicted molar refractivity (Wildman–Crippen MR) is 67.1 cm³/mol. The molecule has 1 fully saturated rings. The van der Waals surface area contributed by atoms with Gasteiger partial charge in [-0.3, -0.25) is 0 Å². The van der Waals surface area contributed by atoms with Crippen LogP contribution in [-0.2, 0) is 11.2 Å². The maximum Gasteiger partial charge on any atom is 0.0794 e. The van der Waals surface area contributed by atoms with E-state index in [2.05, 4.69) is 23.5 Å². The molecule has 1 aromatic rings. The fraction of sp³-hybridized carbons (Fsp3) is 0.571. The highest BCUT2D eigenvalue weighted by molar-refractivity contribution is 5.56. The first-order valence-electron chi connectivity index (χ1n) is 6.45. The Balaban J connectivity index is 1.67. The van der Waals surface area contributed by atoms with Crippen LogP contribution in [-0.4, -0.2) is 30.5 Å². The third-order valence-electron chi connectivity index (χ3n) is 3.89. The highest BCUT2D eigenvalue weighted by Gasteiger charge is 2.32. The average Bonchev–Trinajstić information content (AvgIpc) is 2.82. The Morgan fingerprint density at radius 2 is 2.24 bits per heavy atom. The second-order valence-electron chi connectivity index (χ2n) is 5.08. The summed E-state index contributed by atoms with van der Waals surface area (Å²) in [7, 11) is 0. The minimum atomic E-state index is -0.303. The van der Waals surface area contributed by atoms with Crippen LogP contribution in [0.3, 0.4) is 0 Å². The molecule has 1 aromatic carbocycles. The summed E-state index contributed by atoms with van der Waals surface area (Å²) in [6, 6.07) is 8.45. The molecule has 1 saturated heterocycles. The molecule has 0 spiro atoms. The topological polar surface area (TPSA) is 41.5 Å². The number of rotatable bonds is 2. The van der Waals surface area contributed by atoms with E-state index in [1.807, 2.05) is 6.07 Å². The van der Waals surface area contributed by atoms with E-state index >= 15 is 0 Å². The number of para-hydroxylation sites is 1. The number of aliphatic hydroxyl groups is 1. The zero-order valence-electron chi connectivity index (χ0n) is 9.93. The van der Waals surface area contributed by atoms with Crippen LogP contribution in [0.4, 0.5) is 5.69 Å². The summed E-state index contributed by atoms with van der Waals surface area (Å²) in [6.07, 6.45) is 2.77. The Morgan fingerprint density at radius 1 is 1.35 bits per heavy atom. The van der Waals surface area contributed by atoms with E-state index in [0.717, 1.165) is 25.9 Å². The molecule has 3 atom stereocenters. The van der Waals surface area contributed by atoms with Crippen molar-refractivity contribution in [2.75, 3.05) is 18.5 Å². The van der Waals surface area contributed by atoms with Gasteiger partial charge in [0.2, 0.25) is 0 Å². The molecule has 0 amide bonds. The van der Waals surface area contributed by atoms with Gasteiger partial charge in [0.1, 0.15) is 0 Å². The Labute approximate surface area is 102 Å². The van der Waals surface area contributed by atoms with Gasteiger partial charge in [-0.15, -0.1) is 0 Å². The minimum absolute atomic E-state index is 0.152. The van der Waals surface area contributed by atoms with Crippen molar-refractivity contribution >= 4 is 5.69 Å². The summed E-state index contributed by atoms with van der Waals surface area (Å²) >= 11 is 0. The molecule has 2 heterocycles. The molecule has 0 bridgehead atoms. The van der Waals surface area contributed by atoms with E-state index in [-0.39, 0.29) is 18.1 Å². The molecular weight excluding hydrogens is 214 g/mol. The van der Waals surface area contributed by atoms with Gasteiger partial charge in [0.25, 0.3) is 0 Å². The number of anilines is 1. The molecule has 92 valence electrons. The van der Waals surface area contributed by atoms with Crippen molar-refractivity contribution in [2.24, 2.45) is 5.92 Å². The number of fused-ring (bicyclic) bond motifs is 1. The van der Waals surface area contributed by atoms with Crippen LogP contribution in [0, 0.1) is 5.92 Å². The molecular formula is C14H19NO2. The summed E-state index contributed by atoms with van der Waals surface area (Å²) in [5.74, 6) is 0.288. The van der Waals surface area contributed by atoms with E-state index in [1.54, 1.807) is 0 Å². The molecule has 17 heavy (non-hydrogen) atoms. The van der Waals surface area contributed by atoms with Crippen molar-refractivity contribution in [3.63, 3.8) is 0 Å². The number of hydrogen-bond acceptors (Lipinski definition) is 3. The standard InChI is InChI=1S/C14H19NO2/c16-14(11-5-3-7-17-9-11)13-8-10-4-1-2-6-12(10)15-13/h1-2,4,6,11,13-16H,3,5,7-9H2. The summed E-state index contributed by atoms with van der Waals surface area (Å²) in [4.78, 5) is 0. The molecule has 0 aromatic heterocycles. The molecule has 3 unspecified atom stereocenters. The monoisotopic (exact) mass is 233 g/mol. The minimum Gasteiger partial charge on any atom is -0.391 e. The van der Waals surface area contributed by atoms with Gasteiger partial charge >= 0.3 is 0 Å². The van der Waals surface area contributed by atoms with Crippen molar-refractivity contribution < 1.29 is 9.84 Å². The van der Waals surface area contributed by atoms with Crippen molar-refractivity contribution in [3.05, 3.63) is 29.8 Å². The third kappa shape index (κ3) is 2.17. The largest absolute Gasteiger partial charge is 0.391 e. The molecule has 0 aliphatic carbocycles. The lowest BCUT2D eigenvalue weighted by Gasteiger charge is -2.30. The predicted octanol–water partition coefficient (Wildman–Crippen LogP) is 1.81. The molecule has 0 radical (unpaired) electrons. The van der Waals surface area contributed by atoms with Crippen LogP contribution in [0.15, 0.2) is 24.3 Å². The van der Waals surface area contributed by atoms with E-state index in [1.165, 1.54) is 11.3 Å². The summed E-state index contributed by atoms with van der Waals surface area (Å²) in [5, 5.41) is 13.8. The highest BCUT2D eigenvalue weighted by Crippen LogP contribution is 2.30. The van der Waals surface area contributed by atoms with Crippen molar-refractivity contribution in [3.8, 4) is 0 Å². The first-order chi connectivity index (χ1) is 8.34. The number of ether oxygens (including phenoxy) is 1. The number of aliphatic hydroxyl groups excluding tert-OH is 1. The number of hydrogen-bond donors (Lipinski definition) is 2. The maximum atomic E-state index is 10.4. The molecule has 0 saturated carbocycles.